The molecule has 0 radical (unpaired) electrons. The Kier molecular flexibility index (Phi) is 4.78. The molecule has 1 heterocycles. The van der Waals surface area contributed by atoms with Gasteiger partial charge in [-0.2, -0.15) is 4.31 Å². The van der Waals surface area contributed by atoms with E-state index in [-0.39, 0.29) is 9.88 Å². The lowest BCUT2D eigenvalue weighted by Gasteiger charge is -2.21. The van der Waals surface area contributed by atoms with Crippen molar-refractivity contribution in [3.05, 3.63) is 29.8 Å². The van der Waals surface area contributed by atoms with E-state index in [1.165, 1.54) is 0 Å². The number of nitrogens with two attached hydrogens (primary N) is 1. The van der Waals surface area contributed by atoms with Gasteiger partial charge in [-0.15, -0.1) is 0 Å². The highest BCUT2D eigenvalue weighted by atomic mass is 32.2. The molecule has 110 valence electrons. The third-order valence-corrected chi connectivity index (χ3v) is 5.92. The molecule has 1 aliphatic heterocycles. The quantitative estimate of drug-likeness (QED) is 0.869. The zero-order chi connectivity index (χ0) is 14.8. The first kappa shape index (κ1) is 15.4. The monoisotopic (exact) mass is 312 g/mol. The van der Waals surface area contributed by atoms with Crippen LogP contribution in [0.5, 0.6) is 0 Å². The topological polar surface area (TPSA) is 63.4 Å². The van der Waals surface area contributed by atoms with Crippen LogP contribution in [0, 0.1) is 5.92 Å². The van der Waals surface area contributed by atoms with E-state index < -0.39 is 10.0 Å². The normalized spacial score (nSPS) is 21.4. The van der Waals surface area contributed by atoms with E-state index in [9.17, 15) is 8.42 Å². The van der Waals surface area contributed by atoms with Gasteiger partial charge in [0.1, 0.15) is 4.99 Å². The molecule has 1 unspecified atom stereocenters. The number of sulfonamides is 1. The molecule has 1 saturated heterocycles. The highest BCUT2D eigenvalue weighted by Gasteiger charge is 2.28. The third-order valence-electron chi connectivity index (χ3n) is 3.75. The van der Waals surface area contributed by atoms with Gasteiger partial charge in [0.05, 0.1) is 4.90 Å². The molecular formula is C14H20N2O2S2. The Balaban J connectivity index is 2.37. The lowest BCUT2D eigenvalue weighted by Crippen LogP contribution is -2.33. The average molecular weight is 312 g/mol. The van der Waals surface area contributed by atoms with Crippen molar-refractivity contribution in [3.8, 4) is 0 Å². The summed E-state index contributed by atoms with van der Waals surface area (Å²) in [4.78, 5) is 0.342. The number of hydrogen-bond acceptors (Lipinski definition) is 3. The van der Waals surface area contributed by atoms with Gasteiger partial charge in [0, 0.05) is 18.7 Å². The zero-order valence-electron chi connectivity index (χ0n) is 11.6. The third kappa shape index (κ3) is 3.19. The molecule has 1 aromatic carbocycles. The molecule has 2 N–H and O–H groups in total. The molecule has 1 fully saturated rings. The predicted octanol–water partition coefficient (Wildman–Crippen LogP) is 2.13. The first-order valence-corrected chi connectivity index (χ1v) is 8.66. The van der Waals surface area contributed by atoms with Crippen molar-refractivity contribution in [1.82, 2.24) is 4.31 Å². The first-order valence-electron chi connectivity index (χ1n) is 6.82. The maximum Gasteiger partial charge on any atom is 0.243 e. The van der Waals surface area contributed by atoms with Crippen molar-refractivity contribution in [3.63, 3.8) is 0 Å². The minimum absolute atomic E-state index is 0.118. The Hall–Kier alpha value is -0.980. The van der Waals surface area contributed by atoms with E-state index in [0.29, 0.717) is 24.6 Å². The van der Waals surface area contributed by atoms with Crippen LogP contribution in [0.15, 0.2) is 29.2 Å². The van der Waals surface area contributed by atoms with Crippen LogP contribution in [0.4, 0.5) is 0 Å². The molecule has 2 rings (SSSR count). The summed E-state index contributed by atoms with van der Waals surface area (Å²) in [6.07, 6.45) is 2.87. The van der Waals surface area contributed by atoms with Crippen molar-refractivity contribution in [1.29, 1.82) is 0 Å². The fraction of sp³-hybridized carbons (Fsp3) is 0.500. The average Bonchev–Trinajstić information content (AvgIpc) is 2.64. The van der Waals surface area contributed by atoms with Crippen molar-refractivity contribution < 1.29 is 8.42 Å². The number of rotatable bonds is 3. The number of benzene rings is 1. The Morgan fingerprint density at radius 2 is 2.00 bits per heavy atom. The molecule has 0 spiro atoms. The number of thiocarbonyl (C=S) groups is 1. The molecule has 1 atom stereocenters. The van der Waals surface area contributed by atoms with Crippen molar-refractivity contribution in [2.24, 2.45) is 11.7 Å². The Morgan fingerprint density at radius 1 is 1.30 bits per heavy atom. The van der Waals surface area contributed by atoms with Gasteiger partial charge in [-0.1, -0.05) is 37.3 Å². The second kappa shape index (κ2) is 6.20. The van der Waals surface area contributed by atoms with Gasteiger partial charge in [0.15, 0.2) is 0 Å². The van der Waals surface area contributed by atoms with E-state index in [2.05, 4.69) is 6.92 Å². The molecule has 0 amide bonds. The van der Waals surface area contributed by atoms with Gasteiger partial charge in [0.25, 0.3) is 0 Å². The van der Waals surface area contributed by atoms with E-state index >= 15 is 0 Å². The van der Waals surface area contributed by atoms with Crippen LogP contribution in [-0.4, -0.2) is 30.8 Å². The van der Waals surface area contributed by atoms with Gasteiger partial charge in [-0.3, -0.25) is 0 Å². The summed E-state index contributed by atoms with van der Waals surface area (Å²) in [5, 5.41) is 0. The summed E-state index contributed by atoms with van der Waals surface area (Å²) >= 11 is 4.96. The molecule has 0 aromatic heterocycles. The number of hydrogen-bond donors (Lipinski definition) is 1. The Bertz CT molecular complexity index is 599. The van der Waals surface area contributed by atoms with Crippen LogP contribution in [0.3, 0.4) is 0 Å². The summed E-state index contributed by atoms with van der Waals surface area (Å²) in [7, 11) is -3.52. The summed E-state index contributed by atoms with van der Waals surface area (Å²) < 4.78 is 27.1. The molecule has 20 heavy (non-hydrogen) atoms. The second-order valence-corrected chi connectivity index (χ2v) is 7.65. The lowest BCUT2D eigenvalue weighted by atomic mass is 10.0. The first-order chi connectivity index (χ1) is 9.43. The fourth-order valence-corrected chi connectivity index (χ4v) is 4.45. The van der Waals surface area contributed by atoms with Crippen molar-refractivity contribution in [2.75, 3.05) is 13.1 Å². The fourth-order valence-electron chi connectivity index (χ4n) is 2.51. The lowest BCUT2D eigenvalue weighted by molar-refractivity contribution is 0.416. The summed E-state index contributed by atoms with van der Waals surface area (Å²) in [5.41, 5.74) is 6.07. The predicted molar refractivity (Wildman–Crippen MR) is 84.1 cm³/mol. The van der Waals surface area contributed by atoms with Crippen LogP contribution in [0.2, 0.25) is 0 Å². The highest BCUT2D eigenvalue weighted by molar-refractivity contribution is 7.89. The molecule has 0 bridgehead atoms. The van der Waals surface area contributed by atoms with E-state index in [1.54, 1.807) is 28.6 Å². The van der Waals surface area contributed by atoms with Crippen LogP contribution in [-0.2, 0) is 10.0 Å². The maximum absolute atomic E-state index is 12.8. The molecule has 1 aromatic rings. The molecule has 1 aliphatic rings. The van der Waals surface area contributed by atoms with Crippen LogP contribution < -0.4 is 5.73 Å². The van der Waals surface area contributed by atoms with Gasteiger partial charge < -0.3 is 5.73 Å². The van der Waals surface area contributed by atoms with Crippen LogP contribution in [0.1, 0.15) is 31.7 Å². The standard InChI is InChI=1S/C14H20N2O2S2/c1-11-5-4-9-16(10-8-11)20(17,18)13-7-3-2-6-12(13)14(15)19/h2-3,6-7,11H,4-5,8-10H2,1H3,(H2,15,19). The smallest absolute Gasteiger partial charge is 0.243 e. The molecule has 0 aliphatic carbocycles. The van der Waals surface area contributed by atoms with Gasteiger partial charge >= 0.3 is 0 Å². The zero-order valence-corrected chi connectivity index (χ0v) is 13.2. The summed E-state index contributed by atoms with van der Waals surface area (Å²) in [5.74, 6) is 0.570. The Morgan fingerprint density at radius 3 is 2.70 bits per heavy atom. The highest BCUT2D eigenvalue weighted by Crippen LogP contribution is 2.25. The van der Waals surface area contributed by atoms with Gasteiger partial charge in [-0.25, -0.2) is 8.42 Å². The van der Waals surface area contributed by atoms with Crippen molar-refractivity contribution >= 4 is 27.2 Å². The molecule has 0 saturated carbocycles. The van der Waals surface area contributed by atoms with Crippen LogP contribution in [0.25, 0.3) is 0 Å². The maximum atomic E-state index is 12.8. The molecule has 6 heteroatoms. The molecular weight excluding hydrogens is 292 g/mol. The Labute approximate surface area is 126 Å². The van der Waals surface area contributed by atoms with Gasteiger partial charge in [-0.05, 0) is 31.2 Å². The second-order valence-electron chi connectivity index (χ2n) is 5.30. The van der Waals surface area contributed by atoms with Crippen molar-refractivity contribution in [2.45, 2.75) is 31.1 Å². The van der Waals surface area contributed by atoms with Crippen LogP contribution >= 0.6 is 12.2 Å². The van der Waals surface area contributed by atoms with E-state index in [0.717, 1.165) is 19.3 Å². The van der Waals surface area contributed by atoms with E-state index in [1.807, 2.05) is 0 Å². The largest absolute Gasteiger partial charge is 0.389 e. The summed E-state index contributed by atoms with van der Waals surface area (Å²) in [6.45, 7) is 3.30. The molecule has 4 nitrogen and oxygen atoms in total. The summed E-state index contributed by atoms with van der Waals surface area (Å²) in [6, 6.07) is 6.70. The van der Waals surface area contributed by atoms with E-state index in [4.69, 9.17) is 18.0 Å². The SMILES string of the molecule is CC1CCCN(S(=O)(=O)c2ccccc2C(N)=S)CC1. The minimum Gasteiger partial charge on any atom is -0.389 e. The minimum atomic E-state index is -3.52. The van der Waals surface area contributed by atoms with Gasteiger partial charge in [0.2, 0.25) is 10.0 Å². The number of nitrogens with zero attached hydrogens (tertiary/aromatic N) is 1.